The van der Waals surface area contributed by atoms with Gasteiger partial charge < -0.3 is 10.2 Å². The number of rotatable bonds is 6. The normalized spacial score (nSPS) is 10.5. The van der Waals surface area contributed by atoms with Crippen molar-refractivity contribution in [1.29, 1.82) is 0 Å². The van der Waals surface area contributed by atoms with Crippen molar-refractivity contribution in [3.8, 4) is 0 Å². The van der Waals surface area contributed by atoms with Crippen LogP contribution in [0.4, 0.5) is 11.4 Å². The molecule has 1 N–H and O–H groups in total. The van der Waals surface area contributed by atoms with Crippen LogP contribution in [0, 0.1) is 0 Å². The Hall–Kier alpha value is -1.97. The first-order valence-electron chi connectivity index (χ1n) is 6.71. The van der Waals surface area contributed by atoms with Crippen LogP contribution in [0.5, 0.6) is 0 Å². The fourth-order valence-corrected chi connectivity index (χ4v) is 1.92. The van der Waals surface area contributed by atoms with Crippen molar-refractivity contribution < 1.29 is 0 Å². The molecular weight excluding hydrogens is 236 g/mol. The van der Waals surface area contributed by atoms with Crippen molar-refractivity contribution in [2.75, 3.05) is 24.3 Å². The zero-order valence-electron chi connectivity index (χ0n) is 11.9. The molecule has 0 saturated heterocycles. The summed E-state index contributed by atoms with van der Waals surface area (Å²) in [6.07, 6.45) is 5.04. The van der Waals surface area contributed by atoms with Gasteiger partial charge in [-0.1, -0.05) is 19.1 Å². The molecule has 0 amide bonds. The van der Waals surface area contributed by atoms with Gasteiger partial charge in [0.25, 0.3) is 0 Å². The number of hydrogen-bond donors (Lipinski definition) is 1. The molecule has 0 spiro atoms. The number of hydrogen-bond acceptors (Lipinski definition) is 3. The zero-order valence-corrected chi connectivity index (χ0v) is 11.9. The van der Waals surface area contributed by atoms with Gasteiger partial charge in [-0.05, 0) is 24.1 Å². The van der Waals surface area contributed by atoms with Crippen molar-refractivity contribution in [1.82, 2.24) is 9.78 Å². The Morgan fingerprint density at radius 2 is 1.95 bits per heavy atom. The average Bonchev–Trinajstić information content (AvgIpc) is 2.85. The van der Waals surface area contributed by atoms with Gasteiger partial charge in [-0.3, -0.25) is 4.68 Å². The van der Waals surface area contributed by atoms with Gasteiger partial charge in [0.15, 0.2) is 0 Å². The number of nitrogens with zero attached hydrogens (tertiary/aromatic N) is 3. The summed E-state index contributed by atoms with van der Waals surface area (Å²) in [5, 5.41) is 7.69. The summed E-state index contributed by atoms with van der Waals surface area (Å²) in [5.74, 6) is 0. The second-order valence-corrected chi connectivity index (χ2v) is 4.91. The fourth-order valence-electron chi connectivity index (χ4n) is 1.92. The van der Waals surface area contributed by atoms with Crippen LogP contribution in [0.25, 0.3) is 0 Å². The smallest absolute Gasteiger partial charge is 0.0729 e. The van der Waals surface area contributed by atoms with Crippen LogP contribution in [0.3, 0.4) is 0 Å². The van der Waals surface area contributed by atoms with Crippen LogP contribution < -0.4 is 10.2 Å². The number of aromatic nitrogens is 2. The Balaban J connectivity index is 1.90. The molecule has 2 rings (SSSR count). The molecule has 102 valence electrons. The maximum absolute atomic E-state index is 4.30. The molecule has 0 aliphatic rings. The number of benzene rings is 1. The summed E-state index contributed by atoms with van der Waals surface area (Å²) in [4.78, 5) is 2.10. The minimum atomic E-state index is 0.825. The summed E-state index contributed by atoms with van der Waals surface area (Å²) < 4.78 is 1.97. The molecule has 0 unspecified atom stereocenters. The Kier molecular flexibility index (Phi) is 4.44. The van der Waals surface area contributed by atoms with E-state index in [-0.39, 0.29) is 0 Å². The number of nitrogens with one attached hydrogen (secondary N) is 1. The lowest BCUT2D eigenvalue weighted by Gasteiger charge is -2.12. The monoisotopic (exact) mass is 258 g/mol. The molecule has 0 aliphatic heterocycles. The van der Waals surface area contributed by atoms with Gasteiger partial charge >= 0.3 is 0 Å². The molecule has 2 aromatic rings. The third-order valence-corrected chi connectivity index (χ3v) is 3.04. The standard InChI is InChI=1S/C15H22N4/c1-4-9-19-12-14(11-17-19)16-10-13-5-7-15(8-6-13)18(2)3/h5-8,11-12,16H,4,9-10H2,1-3H3. The SMILES string of the molecule is CCCn1cc(NCc2ccc(N(C)C)cc2)cn1. The van der Waals surface area contributed by atoms with Crippen LogP contribution in [0.15, 0.2) is 36.7 Å². The Morgan fingerprint density at radius 3 is 2.58 bits per heavy atom. The van der Waals surface area contributed by atoms with Crippen LogP contribution in [-0.2, 0) is 13.1 Å². The van der Waals surface area contributed by atoms with E-state index in [1.54, 1.807) is 0 Å². The quantitative estimate of drug-likeness (QED) is 0.864. The highest BCUT2D eigenvalue weighted by Crippen LogP contribution is 2.14. The Labute approximate surface area is 115 Å². The van der Waals surface area contributed by atoms with E-state index in [9.17, 15) is 0 Å². The molecule has 0 aliphatic carbocycles. The van der Waals surface area contributed by atoms with Gasteiger partial charge in [-0.25, -0.2) is 0 Å². The first kappa shape index (κ1) is 13.5. The number of anilines is 2. The van der Waals surface area contributed by atoms with Crippen molar-refractivity contribution in [3.63, 3.8) is 0 Å². The third-order valence-electron chi connectivity index (χ3n) is 3.04. The topological polar surface area (TPSA) is 33.1 Å². The minimum absolute atomic E-state index is 0.825. The zero-order chi connectivity index (χ0) is 13.7. The van der Waals surface area contributed by atoms with Crippen LogP contribution in [0.2, 0.25) is 0 Å². The molecule has 1 heterocycles. The maximum atomic E-state index is 4.30. The van der Waals surface area contributed by atoms with Gasteiger partial charge in [0.1, 0.15) is 0 Å². The maximum Gasteiger partial charge on any atom is 0.0729 e. The molecule has 0 atom stereocenters. The second-order valence-electron chi connectivity index (χ2n) is 4.91. The first-order chi connectivity index (χ1) is 9.19. The van der Waals surface area contributed by atoms with Gasteiger partial charge in [-0.15, -0.1) is 0 Å². The van der Waals surface area contributed by atoms with Crippen molar-refractivity contribution >= 4 is 11.4 Å². The minimum Gasteiger partial charge on any atom is -0.378 e. The second kappa shape index (κ2) is 6.27. The van der Waals surface area contributed by atoms with E-state index in [1.807, 2.05) is 10.9 Å². The summed E-state index contributed by atoms with van der Waals surface area (Å²) in [6, 6.07) is 8.58. The lowest BCUT2D eigenvalue weighted by atomic mass is 10.2. The Morgan fingerprint density at radius 1 is 1.21 bits per heavy atom. The van der Waals surface area contributed by atoms with E-state index < -0.39 is 0 Å². The van der Waals surface area contributed by atoms with Crippen LogP contribution >= 0.6 is 0 Å². The highest BCUT2D eigenvalue weighted by molar-refractivity contribution is 5.47. The van der Waals surface area contributed by atoms with E-state index in [4.69, 9.17) is 0 Å². The fraction of sp³-hybridized carbons (Fsp3) is 0.400. The van der Waals surface area contributed by atoms with E-state index in [1.165, 1.54) is 11.3 Å². The van der Waals surface area contributed by atoms with Crippen molar-refractivity contribution in [2.24, 2.45) is 0 Å². The average molecular weight is 258 g/mol. The molecular formula is C15H22N4. The van der Waals surface area contributed by atoms with Crippen molar-refractivity contribution in [2.45, 2.75) is 26.4 Å². The molecule has 0 radical (unpaired) electrons. The van der Waals surface area contributed by atoms with Gasteiger partial charge in [0, 0.05) is 39.1 Å². The van der Waals surface area contributed by atoms with Gasteiger partial charge in [0.2, 0.25) is 0 Å². The molecule has 4 heteroatoms. The predicted octanol–water partition coefficient (Wildman–Crippen LogP) is 2.97. The van der Waals surface area contributed by atoms with E-state index in [0.717, 1.165) is 25.2 Å². The lowest BCUT2D eigenvalue weighted by molar-refractivity contribution is 0.603. The summed E-state index contributed by atoms with van der Waals surface area (Å²) in [5.41, 5.74) is 3.57. The number of aryl methyl sites for hydroxylation is 1. The van der Waals surface area contributed by atoms with Gasteiger partial charge in [-0.2, -0.15) is 5.10 Å². The Bertz CT molecular complexity index is 499. The molecule has 0 saturated carbocycles. The summed E-state index contributed by atoms with van der Waals surface area (Å²) >= 11 is 0. The highest BCUT2D eigenvalue weighted by atomic mass is 15.3. The summed E-state index contributed by atoms with van der Waals surface area (Å²) in [6.45, 7) is 3.95. The largest absolute Gasteiger partial charge is 0.378 e. The predicted molar refractivity (Wildman–Crippen MR) is 80.6 cm³/mol. The lowest BCUT2D eigenvalue weighted by Crippen LogP contribution is -2.08. The third kappa shape index (κ3) is 3.74. The van der Waals surface area contributed by atoms with Crippen LogP contribution in [0.1, 0.15) is 18.9 Å². The summed E-state index contributed by atoms with van der Waals surface area (Å²) in [7, 11) is 4.10. The molecule has 19 heavy (non-hydrogen) atoms. The van der Waals surface area contributed by atoms with Crippen LogP contribution in [-0.4, -0.2) is 23.9 Å². The molecule has 4 nitrogen and oxygen atoms in total. The van der Waals surface area contributed by atoms with E-state index in [2.05, 4.69) is 66.8 Å². The molecule has 1 aromatic heterocycles. The van der Waals surface area contributed by atoms with Gasteiger partial charge in [0.05, 0.1) is 11.9 Å². The van der Waals surface area contributed by atoms with E-state index in [0.29, 0.717) is 0 Å². The highest BCUT2D eigenvalue weighted by Gasteiger charge is 1.99. The first-order valence-corrected chi connectivity index (χ1v) is 6.71. The molecule has 0 bridgehead atoms. The van der Waals surface area contributed by atoms with E-state index >= 15 is 0 Å². The molecule has 0 fully saturated rings. The van der Waals surface area contributed by atoms with Crippen molar-refractivity contribution in [3.05, 3.63) is 42.2 Å². The molecule has 1 aromatic carbocycles.